The normalized spacial score (nSPS) is 13.5. The van der Waals surface area contributed by atoms with Crippen molar-refractivity contribution < 1.29 is 9.26 Å². The van der Waals surface area contributed by atoms with Crippen molar-refractivity contribution in [3.63, 3.8) is 0 Å². The van der Waals surface area contributed by atoms with Gasteiger partial charge in [-0.05, 0) is 95.5 Å². The summed E-state index contributed by atoms with van der Waals surface area (Å²) in [5, 5.41) is 17.2. The molecule has 6 nitrogen and oxygen atoms in total. The van der Waals surface area contributed by atoms with Crippen molar-refractivity contribution in [1.29, 1.82) is 5.26 Å². The van der Waals surface area contributed by atoms with Gasteiger partial charge in [-0.2, -0.15) is 5.26 Å². The van der Waals surface area contributed by atoms with Crippen molar-refractivity contribution in [2.75, 3.05) is 27.2 Å². The monoisotopic (exact) mass is 588 g/mol. The van der Waals surface area contributed by atoms with E-state index in [-0.39, 0.29) is 24.8 Å². The molecule has 0 bridgehead atoms. The SMILES string of the molecule is CNC.Cc1c(OCc2ccc(C#N)s2)ccc2c(CCC3CCN(Cc4ccccc4)CC3)noc12.Cl.Cl. The highest BCUT2D eigenvalue weighted by Gasteiger charge is 2.21. The molecule has 1 N–H and O–H groups in total. The van der Waals surface area contributed by atoms with Crippen LogP contribution in [0.25, 0.3) is 11.0 Å². The predicted molar refractivity (Wildman–Crippen MR) is 164 cm³/mol. The van der Waals surface area contributed by atoms with Gasteiger partial charge in [-0.3, -0.25) is 4.90 Å². The zero-order valence-electron chi connectivity index (χ0n) is 22.8. The second-order valence-corrected chi connectivity index (χ2v) is 10.8. The summed E-state index contributed by atoms with van der Waals surface area (Å²) in [6, 6.07) is 20.8. The molecule has 0 atom stereocenters. The molecule has 0 radical (unpaired) electrons. The van der Waals surface area contributed by atoms with Gasteiger partial charge in [-0.25, -0.2) is 0 Å². The first-order chi connectivity index (χ1) is 18.1. The van der Waals surface area contributed by atoms with Gasteiger partial charge in [0.1, 0.15) is 23.3 Å². The maximum Gasteiger partial charge on any atom is 0.173 e. The Morgan fingerprint density at radius 1 is 1.08 bits per heavy atom. The number of aryl methyl sites for hydroxylation is 2. The van der Waals surface area contributed by atoms with Gasteiger partial charge in [0.25, 0.3) is 0 Å². The third-order valence-corrected chi connectivity index (χ3v) is 7.76. The molecular formula is C30H38Cl2N4O2S. The number of thiophene rings is 1. The number of hydrogen-bond acceptors (Lipinski definition) is 7. The summed E-state index contributed by atoms with van der Waals surface area (Å²) in [5.74, 6) is 1.54. The zero-order chi connectivity index (χ0) is 26.0. The molecule has 0 aliphatic carbocycles. The van der Waals surface area contributed by atoms with Crippen LogP contribution in [-0.2, 0) is 19.6 Å². The molecule has 1 fully saturated rings. The number of likely N-dealkylation sites (tertiary alicyclic amines) is 1. The van der Waals surface area contributed by atoms with Crippen molar-refractivity contribution in [2.24, 2.45) is 5.92 Å². The standard InChI is InChI=1S/C28H29N3O2S.C2H7N.2ClH/c1-20-27(32-19-24-9-8-23(17-29)34-24)12-10-25-26(30-33-28(20)25)11-7-21-13-15-31(16-14-21)18-22-5-3-2-4-6-22;1-3-2;;/h2-6,8-10,12,21H,7,11,13-16,18-19H2,1H3;3H,1-2H3;2*1H. The van der Waals surface area contributed by atoms with Crippen molar-refractivity contribution in [1.82, 2.24) is 15.4 Å². The number of hydrogen-bond donors (Lipinski definition) is 1. The van der Waals surface area contributed by atoms with Gasteiger partial charge >= 0.3 is 0 Å². The highest BCUT2D eigenvalue weighted by Crippen LogP contribution is 2.32. The summed E-state index contributed by atoms with van der Waals surface area (Å²) in [7, 11) is 3.75. The third kappa shape index (κ3) is 8.96. The van der Waals surface area contributed by atoms with E-state index in [1.54, 1.807) is 0 Å². The largest absolute Gasteiger partial charge is 0.488 e. The summed E-state index contributed by atoms with van der Waals surface area (Å²) < 4.78 is 11.8. The summed E-state index contributed by atoms with van der Waals surface area (Å²) in [4.78, 5) is 4.30. The third-order valence-electron chi connectivity index (χ3n) is 6.80. The van der Waals surface area contributed by atoms with E-state index in [0.29, 0.717) is 11.5 Å². The summed E-state index contributed by atoms with van der Waals surface area (Å²) >= 11 is 1.46. The minimum Gasteiger partial charge on any atom is -0.488 e. The minimum absolute atomic E-state index is 0. The fraction of sp³-hybridized carbons (Fsp3) is 0.400. The van der Waals surface area contributed by atoms with Crippen LogP contribution in [0.2, 0.25) is 0 Å². The number of ether oxygens (including phenoxy) is 1. The van der Waals surface area contributed by atoms with E-state index >= 15 is 0 Å². The Labute approximate surface area is 248 Å². The molecule has 0 saturated carbocycles. The minimum atomic E-state index is 0. The number of halogens is 2. The van der Waals surface area contributed by atoms with Crippen LogP contribution in [-0.4, -0.2) is 37.2 Å². The van der Waals surface area contributed by atoms with E-state index in [4.69, 9.17) is 14.5 Å². The maximum absolute atomic E-state index is 8.99. The van der Waals surface area contributed by atoms with E-state index in [1.165, 1.54) is 42.8 Å². The molecule has 1 aliphatic rings. The Morgan fingerprint density at radius 3 is 2.46 bits per heavy atom. The van der Waals surface area contributed by atoms with Gasteiger partial charge in [-0.1, -0.05) is 35.5 Å². The van der Waals surface area contributed by atoms with Crippen LogP contribution in [0, 0.1) is 24.2 Å². The molecule has 0 unspecified atom stereocenters. The van der Waals surface area contributed by atoms with Gasteiger partial charge in [0, 0.05) is 22.4 Å². The van der Waals surface area contributed by atoms with E-state index < -0.39 is 0 Å². The van der Waals surface area contributed by atoms with Crippen LogP contribution in [0.4, 0.5) is 0 Å². The molecule has 2 aromatic carbocycles. The number of piperidine rings is 1. The molecule has 2 aromatic heterocycles. The van der Waals surface area contributed by atoms with Gasteiger partial charge < -0.3 is 14.6 Å². The lowest BCUT2D eigenvalue weighted by Crippen LogP contribution is -2.33. The molecule has 39 heavy (non-hydrogen) atoms. The smallest absolute Gasteiger partial charge is 0.173 e. The van der Waals surface area contributed by atoms with Crippen LogP contribution in [0.15, 0.2) is 59.1 Å². The van der Waals surface area contributed by atoms with Crippen LogP contribution in [0.5, 0.6) is 5.75 Å². The average molecular weight is 590 g/mol. The lowest BCUT2D eigenvalue weighted by Gasteiger charge is -2.31. The Balaban J connectivity index is 0.00000102. The van der Waals surface area contributed by atoms with Crippen molar-refractivity contribution in [3.05, 3.63) is 81.2 Å². The molecule has 1 saturated heterocycles. The fourth-order valence-corrected chi connectivity index (χ4v) is 5.50. The summed E-state index contributed by atoms with van der Waals surface area (Å²) in [6.07, 6.45) is 4.59. The second-order valence-electron chi connectivity index (χ2n) is 9.60. The first kappa shape index (κ1) is 32.6. The van der Waals surface area contributed by atoms with E-state index in [0.717, 1.165) is 58.2 Å². The van der Waals surface area contributed by atoms with E-state index in [2.05, 4.69) is 57.8 Å². The van der Waals surface area contributed by atoms with Gasteiger partial charge in [0.05, 0.1) is 5.69 Å². The van der Waals surface area contributed by atoms with Crippen LogP contribution >= 0.6 is 36.2 Å². The van der Waals surface area contributed by atoms with Crippen molar-refractivity contribution in [3.8, 4) is 11.8 Å². The second kappa shape index (κ2) is 16.5. The molecule has 9 heteroatoms. The number of nitrogens with zero attached hydrogens (tertiary/aromatic N) is 3. The average Bonchev–Trinajstić information content (AvgIpc) is 3.56. The number of fused-ring (bicyclic) bond motifs is 1. The Morgan fingerprint density at radius 2 is 1.79 bits per heavy atom. The van der Waals surface area contributed by atoms with Gasteiger partial charge in [-0.15, -0.1) is 36.2 Å². The molecular weight excluding hydrogens is 551 g/mol. The highest BCUT2D eigenvalue weighted by atomic mass is 35.5. The molecule has 5 rings (SSSR count). The summed E-state index contributed by atoms with van der Waals surface area (Å²) in [6.45, 7) is 5.85. The topological polar surface area (TPSA) is 74.3 Å². The molecule has 4 aromatic rings. The summed E-state index contributed by atoms with van der Waals surface area (Å²) in [5.41, 5.74) is 4.24. The molecule has 3 heterocycles. The molecule has 1 aliphatic heterocycles. The maximum atomic E-state index is 8.99. The Bertz CT molecular complexity index is 1310. The van der Waals surface area contributed by atoms with Crippen LogP contribution < -0.4 is 10.1 Å². The molecule has 0 amide bonds. The number of benzene rings is 2. The Kier molecular flexibility index (Phi) is 13.8. The fourth-order valence-electron chi connectivity index (χ4n) is 4.79. The predicted octanol–water partition coefficient (Wildman–Crippen LogP) is 7.17. The lowest BCUT2D eigenvalue weighted by molar-refractivity contribution is 0.172. The van der Waals surface area contributed by atoms with Gasteiger partial charge in [0.2, 0.25) is 0 Å². The number of aromatic nitrogens is 1. The molecule has 0 spiro atoms. The van der Waals surface area contributed by atoms with Crippen LogP contribution in [0.3, 0.4) is 0 Å². The van der Waals surface area contributed by atoms with E-state index in [9.17, 15) is 0 Å². The van der Waals surface area contributed by atoms with Crippen LogP contribution in [0.1, 0.15) is 45.8 Å². The highest BCUT2D eigenvalue weighted by molar-refractivity contribution is 7.12. The molecule has 210 valence electrons. The lowest BCUT2D eigenvalue weighted by atomic mass is 9.91. The Hall–Kier alpha value is -2.60. The first-order valence-corrected chi connectivity index (χ1v) is 13.8. The number of rotatable bonds is 8. The van der Waals surface area contributed by atoms with E-state index in [1.807, 2.05) is 39.2 Å². The number of nitrogens with one attached hydrogen (secondary N) is 1. The van der Waals surface area contributed by atoms with Gasteiger partial charge in [0.15, 0.2) is 5.58 Å². The van der Waals surface area contributed by atoms with Crippen molar-refractivity contribution >= 4 is 47.1 Å². The van der Waals surface area contributed by atoms with Crippen molar-refractivity contribution in [2.45, 2.75) is 45.8 Å². The number of nitriles is 1. The first-order valence-electron chi connectivity index (χ1n) is 13.0. The zero-order valence-corrected chi connectivity index (χ0v) is 25.3. The quantitative estimate of drug-likeness (QED) is 0.235.